The fourth-order valence-corrected chi connectivity index (χ4v) is 5.70. The van der Waals surface area contributed by atoms with Gasteiger partial charge in [-0.15, -0.1) is 21.5 Å². The maximum absolute atomic E-state index is 13.3. The predicted molar refractivity (Wildman–Crippen MR) is 117 cm³/mol. The molecule has 162 valence electrons. The van der Waals surface area contributed by atoms with Gasteiger partial charge in [0.15, 0.2) is 0 Å². The number of benzene rings is 1. The van der Waals surface area contributed by atoms with Crippen molar-refractivity contribution in [3.63, 3.8) is 0 Å². The molecule has 2 aliphatic rings. The lowest BCUT2D eigenvalue weighted by Gasteiger charge is -2.36. The van der Waals surface area contributed by atoms with Gasteiger partial charge in [0.1, 0.15) is 4.88 Å². The Morgan fingerprint density at radius 2 is 1.87 bits per heavy atom. The van der Waals surface area contributed by atoms with E-state index in [1.165, 1.54) is 16.9 Å². The van der Waals surface area contributed by atoms with Gasteiger partial charge in [-0.2, -0.15) is 0 Å². The molecule has 2 fully saturated rings. The molecule has 1 atom stereocenters. The molecule has 8 heteroatoms. The van der Waals surface area contributed by atoms with E-state index in [-0.39, 0.29) is 17.2 Å². The number of aryl methyl sites for hydroxylation is 3. The zero-order valence-electron chi connectivity index (χ0n) is 18.1. The molecule has 0 aliphatic carbocycles. The van der Waals surface area contributed by atoms with Crippen LogP contribution in [0.2, 0.25) is 0 Å². The number of rotatable bonds is 3. The van der Waals surface area contributed by atoms with E-state index in [0.29, 0.717) is 38.1 Å². The summed E-state index contributed by atoms with van der Waals surface area (Å²) in [6.07, 6.45) is 1.76. The predicted octanol–water partition coefficient (Wildman–Crippen LogP) is 4.15. The first-order valence-corrected chi connectivity index (χ1v) is 11.5. The van der Waals surface area contributed by atoms with Gasteiger partial charge in [0, 0.05) is 37.3 Å². The third-order valence-electron chi connectivity index (χ3n) is 6.56. The molecule has 1 amide bonds. The molecular formula is C23H26N4O3S. The fourth-order valence-electron chi connectivity index (χ4n) is 4.81. The van der Waals surface area contributed by atoms with E-state index in [2.05, 4.69) is 15.2 Å². The van der Waals surface area contributed by atoms with Gasteiger partial charge in [-0.3, -0.25) is 4.79 Å². The second kappa shape index (κ2) is 7.84. The van der Waals surface area contributed by atoms with Crippen molar-refractivity contribution in [1.82, 2.24) is 20.1 Å². The maximum atomic E-state index is 13.3. The van der Waals surface area contributed by atoms with Crippen molar-refractivity contribution in [1.29, 1.82) is 0 Å². The maximum Gasteiger partial charge on any atom is 0.265 e. The van der Waals surface area contributed by atoms with E-state index < -0.39 is 0 Å². The molecule has 2 aliphatic heterocycles. The minimum atomic E-state index is -0.0986. The van der Waals surface area contributed by atoms with E-state index >= 15 is 0 Å². The molecule has 4 heterocycles. The summed E-state index contributed by atoms with van der Waals surface area (Å²) < 4.78 is 11.8. The molecule has 0 saturated carbocycles. The average Bonchev–Trinajstić information content (AvgIpc) is 3.46. The first kappa shape index (κ1) is 20.3. The minimum Gasteiger partial charge on any atom is -0.420 e. The number of thiazole rings is 1. The van der Waals surface area contributed by atoms with Gasteiger partial charge >= 0.3 is 0 Å². The molecule has 3 aromatic rings. The number of hydrogen-bond acceptors (Lipinski definition) is 7. The largest absolute Gasteiger partial charge is 0.420 e. The van der Waals surface area contributed by atoms with Crippen molar-refractivity contribution in [3.8, 4) is 11.5 Å². The van der Waals surface area contributed by atoms with E-state index in [0.717, 1.165) is 34.0 Å². The fraction of sp³-hybridized carbons (Fsp3) is 0.478. The van der Waals surface area contributed by atoms with Crippen molar-refractivity contribution in [3.05, 3.63) is 51.3 Å². The highest BCUT2D eigenvalue weighted by molar-refractivity contribution is 7.13. The van der Waals surface area contributed by atoms with Crippen LogP contribution >= 0.6 is 11.3 Å². The summed E-state index contributed by atoms with van der Waals surface area (Å²) in [5.74, 6) is 1.19. The molecule has 5 rings (SSSR count). The van der Waals surface area contributed by atoms with Crippen molar-refractivity contribution >= 4 is 17.2 Å². The first-order valence-electron chi connectivity index (χ1n) is 10.7. The number of likely N-dealkylation sites (tertiary alicyclic amines) is 1. The summed E-state index contributed by atoms with van der Waals surface area (Å²) >= 11 is 1.47. The van der Waals surface area contributed by atoms with Crippen LogP contribution < -0.4 is 0 Å². The van der Waals surface area contributed by atoms with E-state index in [9.17, 15) is 4.79 Å². The topological polar surface area (TPSA) is 81.4 Å². The summed E-state index contributed by atoms with van der Waals surface area (Å²) in [6, 6.07) is 8.06. The molecular weight excluding hydrogens is 412 g/mol. The standard InChI is InChI=1S/C23H26N4O3S/c1-14-4-6-17(7-5-14)20-25-26-21(30-20)18-12-27(13-23(18)8-10-29-11-9-23)22(28)19-15(2)24-16(3)31-19/h4-7,18H,8-13H2,1-3H3. The summed E-state index contributed by atoms with van der Waals surface area (Å²) in [5, 5.41) is 9.67. The number of hydrogen-bond donors (Lipinski definition) is 0. The van der Waals surface area contributed by atoms with Crippen molar-refractivity contribution in [2.45, 2.75) is 39.5 Å². The Bertz CT molecular complexity index is 1100. The Kier molecular flexibility index (Phi) is 5.14. The number of amides is 1. The number of ether oxygens (including phenoxy) is 1. The quantitative estimate of drug-likeness (QED) is 0.611. The summed E-state index contributed by atoms with van der Waals surface area (Å²) in [6.45, 7) is 8.52. The van der Waals surface area contributed by atoms with Crippen LogP contribution in [0.1, 0.15) is 50.6 Å². The lowest BCUT2D eigenvalue weighted by molar-refractivity contribution is 0.00910. The van der Waals surface area contributed by atoms with E-state index in [4.69, 9.17) is 9.15 Å². The Balaban J connectivity index is 1.46. The second-order valence-corrected chi connectivity index (χ2v) is 9.88. The van der Waals surface area contributed by atoms with Crippen LogP contribution in [0.15, 0.2) is 28.7 Å². The lowest BCUT2D eigenvalue weighted by Crippen LogP contribution is -2.37. The smallest absolute Gasteiger partial charge is 0.265 e. The van der Waals surface area contributed by atoms with Gasteiger partial charge < -0.3 is 14.1 Å². The van der Waals surface area contributed by atoms with Crippen LogP contribution in [-0.4, -0.2) is 52.3 Å². The molecule has 0 N–H and O–H groups in total. The Morgan fingerprint density at radius 3 is 2.55 bits per heavy atom. The monoisotopic (exact) mass is 438 g/mol. The highest BCUT2D eigenvalue weighted by Gasteiger charge is 2.52. The molecule has 0 radical (unpaired) electrons. The van der Waals surface area contributed by atoms with E-state index in [1.807, 2.05) is 49.9 Å². The molecule has 2 aromatic heterocycles. The van der Waals surface area contributed by atoms with Crippen LogP contribution in [0.4, 0.5) is 0 Å². The van der Waals surface area contributed by atoms with Gasteiger partial charge in [0.05, 0.1) is 16.6 Å². The number of carbonyl (C=O) groups excluding carboxylic acids is 1. The Hall–Kier alpha value is -2.58. The van der Waals surface area contributed by atoms with Crippen LogP contribution in [0.5, 0.6) is 0 Å². The SMILES string of the molecule is Cc1ccc(-c2nnc(C3CN(C(=O)c4sc(C)nc4C)CC34CCOCC4)o2)cc1. The molecule has 2 saturated heterocycles. The highest BCUT2D eigenvalue weighted by Crippen LogP contribution is 2.49. The second-order valence-electron chi connectivity index (χ2n) is 8.67. The Labute approximate surface area is 185 Å². The molecule has 31 heavy (non-hydrogen) atoms. The van der Waals surface area contributed by atoms with Crippen LogP contribution in [0.3, 0.4) is 0 Å². The van der Waals surface area contributed by atoms with Gasteiger partial charge in [0.25, 0.3) is 5.91 Å². The summed E-state index contributed by atoms with van der Waals surface area (Å²) in [7, 11) is 0. The van der Waals surface area contributed by atoms with Gasteiger partial charge in [-0.05, 0) is 45.7 Å². The molecule has 1 spiro atoms. The lowest BCUT2D eigenvalue weighted by atomic mass is 9.72. The summed E-state index contributed by atoms with van der Waals surface area (Å²) in [5.41, 5.74) is 2.80. The van der Waals surface area contributed by atoms with Gasteiger partial charge in [-0.1, -0.05) is 17.7 Å². The van der Waals surface area contributed by atoms with Crippen LogP contribution in [0, 0.1) is 26.2 Å². The zero-order chi connectivity index (χ0) is 21.6. The number of aromatic nitrogens is 3. The third-order valence-corrected chi connectivity index (χ3v) is 7.62. The Morgan fingerprint density at radius 1 is 1.13 bits per heavy atom. The zero-order valence-corrected chi connectivity index (χ0v) is 18.9. The molecule has 1 unspecified atom stereocenters. The molecule has 7 nitrogen and oxygen atoms in total. The average molecular weight is 439 g/mol. The highest BCUT2D eigenvalue weighted by atomic mass is 32.1. The van der Waals surface area contributed by atoms with Crippen molar-refractivity contribution < 1.29 is 13.9 Å². The van der Waals surface area contributed by atoms with E-state index in [1.54, 1.807) is 0 Å². The third kappa shape index (κ3) is 3.68. The molecule has 1 aromatic carbocycles. The van der Waals surface area contributed by atoms with Crippen molar-refractivity contribution in [2.75, 3.05) is 26.3 Å². The van der Waals surface area contributed by atoms with Gasteiger partial charge in [0.2, 0.25) is 11.8 Å². The van der Waals surface area contributed by atoms with Crippen LogP contribution in [-0.2, 0) is 4.74 Å². The normalized spacial score (nSPS) is 20.5. The van der Waals surface area contributed by atoms with Gasteiger partial charge in [-0.25, -0.2) is 4.98 Å². The van der Waals surface area contributed by atoms with Crippen LogP contribution in [0.25, 0.3) is 11.5 Å². The molecule has 0 bridgehead atoms. The van der Waals surface area contributed by atoms with Crippen molar-refractivity contribution in [2.24, 2.45) is 5.41 Å². The minimum absolute atomic E-state index is 0.00127. The number of nitrogens with zero attached hydrogens (tertiary/aromatic N) is 4. The first-order chi connectivity index (χ1) is 14.9. The number of carbonyl (C=O) groups is 1. The summed E-state index contributed by atoms with van der Waals surface area (Å²) in [4.78, 5) is 20.5.